The number of anilines is 1. The molecule has 1 atom stereocenters. The zero-order valence-corrected chi connectivity index (χ0v) is 25.1. The summed E-state index contributed by atoms with van der Waals surface area (Å²) in [4.78, 5) is 25.6. The zero-order valence-electron chi connectivity index (χ0n) is 20.7. The molecular weight excluding hydrogens is 632 g/mol. The van der Waals surface area contributed by atoms with Gasteiger partial charge in [-0.2, -0.15) is 0 Å². The lowest BCUT2D eigenvalue weighted by molar-refractivity contribution is -0.113. The molecule has 3 rings (SSSR count). The molecule has 0 aliphatic rings. The zero-order chi connectivity index (χ0) is 26.6. The number of thioether (sulfide) groups is 1. The van der Waals surface area contributed by atoms with Gasteiger partial charge in [-0.3, -0.25) is 9.59 Å². The second kappa shape index (κ2) is 12.6. The average Bonchev–Trinajstić information content (AvgIpc) is 3.22. The van der Waals surface area contributed by atoms with Crippen molar-refractivity contribution < 1.29 is 9.59 Å². The fourth-order valence-corrected chi connectivity index (χ4v) is 5.78. The van der Waals surface area contributed by atoms with Crippen molar-refractivity contribution in [3.63, 3.8) is 0 Å². The van der Waals surface area contributed by atoms with Crippen LogP contribution in [0.1, 0.15) is 54.1 Å². The van der Waals surface area contributed by atoms with Crippen molar-refractivity contribution in [1.82, 2.24) is 20.1 Å². The SMILES string of the molecule is CCn1c(SCC(=O)Nc2c(C)cc(I)cc2C)nnc1[C@@H](NC(=O)c1ccc(Cl)c(Cl)c1)C(C)C. The van der Waals surface area contributed by atoms with Crippen molar-refractivity contribution in [3.05, 3.63) is 66.5 Å². The predicted molar refractivity (Wildman–Crippen MR) is 155 cm³/mol. The Kier molecular flexibility index (Phi) is 10.1. The monoisotopic (exact) mass is 659 g/mol. The summed E-state index contributed by atoms with van der Waals surface area (Å²) in [5, 5.41) is 16.1. The van der Waals surface area contributed by atoms with Crippen LogP contribution in [0.5, 0.6) is 0 Å². The molecule has 0 radical (unpaired) electrons. The molecule has 192 valence electrons. The van der Waals surface area contributed by atoms with Crippen LogP contribution in [0.25, 0.3) is 0 Å². The third-order valence-corrected chi connectivity index (χ3v) is 7.90. The Morgan fingerprint density at radius 1 is 1.08 bits per heavy atom. The van der Waals surface area contributed by atoms with Gasteiger partial charge in [0.05, 0.1) is 21.8 Å². The summed E-state index contributed by atoms with van der Waals surface area (Å²) in [6, 6.07) is 8.44. The highest BCUT2D eigenvalue weighted by atomic mass is 127. The van der Waals surface area contributed by atoms with Crippen molar-refractivity contribution in [2.45, 2.75) is 52.4 Å². The predicted octanol–water partition coefficient (Wildman–Crippen LogP) is 6.68. The van der Waals surface area contributed by atoms with Gasteiger partial charge in [0.2, 0.25) is 5.91 Å². The summed E-state index contributed by atoms with van der Waals surface area (Å²) in [7, 11) is 0. The first kappa shape index (κ1) is 28.7. The van der Waals surface area contributed by atoms with E-state index in [-0.39, 0.29) is 29.5 Å². The first-order chi connectivity index (χ1) is 17.0. The summed E-state index contributed by atoms with van der Waals surface area (Å²) in [5.41, 5.74) is 3.29. The van der Waals surface area contributed by atoms with E-state index in [0.717, 1.165) is 20.4 Å². The maximum atomic E-state index is 12.9. The maximum Gasteiger partial charge on any atom is 0.251 e. The molecule has 0 bridgehead atoms. The number of nitrogens with one attached hydrogen (secondary N) is 2. The molecule has 0 spiro atoms. The number of hydrogen-bond donors (Lipinski definition) is 2. The third-order valence-electron chi connectivity index (χ3n) is 5.57. The molecule has 0 aliphatic heterocycles. The first-order valence-electron chi connectivity index (χ1n) is 11.4. The number of benzene rings is 2. The number of hydrogen-bond acceptors (Lipinski definition) is 5. The van der Waals surface area contributed by atoms with Gasteiger partial charge in [0.25, 0.3) is 5.91 Å². The molecule has 11 heteroatoms. The lowest BCUT2D eigenvalue weighted by Crippen LogP contribution is -2.33. The number of aryl methyl sites for hydroxylation is 2. The lowest BCUT2D eigenvalue weighted by atomic mass is 10.0. The number of aromatic nitrogens is 3. The van der Waals surface area contributed by atoms with Gasteiger partial charge in [0, 0.05) is 21.4 Å². The molecule has 0 unspecified atom stereocenters. The highest BCUT2D eigenvalue weighted by Gasteiger charge is 2.26. The van der Waals surface area contributed by atoms with Crippen LogP contribution >= 0.6 is 57.6 Å². The number of nitrogens with zero attached hydrogens (tertiary/aromatic N) is 3. The van der Waals surface area contributed by atoms with Gasteiger partial charge in [-0.1, -0.05) is 48.8 Å². The molecule has 1 heterocycles. The molecule has 2 amide bonds. The molecule has 0 saturated carbocycles. The Morgan fingerprint density at radius 2 is 1.75 bits per heavy atom. The fourth-order valence-electron chi connectivity index (χ4n) is 3.74. The van der Waals surface area contributed by atoms with Gasteiger partial charge in [-0.05, 0) is 90.7 Å². The Labute approximate surface area is 239 Å². The van der Waals surface area contributed by atoms with E-state index in [1.54, 1.807) is 12.1 Å². The number of rotatable bonds is 9. The number of carbonyl (C=O) groups is 2. The minimum atomic E-state index is -0.389. The van der Waals surface area contributed by atoms with Crippen LogP contribution in [-0.4, -0.2) is 32.3 Å². The topological polar surface area (TPSA) is 88.9 Å². The summed E-state index contributed by atoms with van der Waals surface area (Å²) in [6.07, 6.45) is 0. The molecular formula is C25H28Cl2IN5O2S. The molecule has 3 aromatic rings. The van der Waals surface area contributed by atoms with Gasteiger partial charge in [-0.15, -0.1) is 10.2 Å². The van der Waals surface area contributed by atoms with E-state index >= 15 is 0 Å². The summed E-state index contributed by atoms with van der Waals surface area (Å²) in [5.74, 6) is 0.459. The van der Waals surface area contributed by atoms with Crippen LogP contribution < -0.4 is 10.6 Å². The molecule has 2 aromatic carbocycles. The van der Waals surface area contributed by atoms with Crippen LogP contribution in [0, 0.1) is 23.3 Å². The minimum absolute atomic E-state index is 0.0409. The molecule has 7 nitrogen and oxygen atoms in total. The summed E-state index contributed by atoms with van der Waals surface area (Å²) in [6.45, 7) is 10.5. The maximum absolute atomic E-state index is 12.9. The fraction of sp³-hybridized carbons (Fsp3) is 0.360. The molecule has 0 saturated heterocycles. The van der Waals surface area contributed by atoms with Gasteiger partial charge in [0.15, 0.2) is 11.0 Å². The second-order valence-corrected chi connectivity index (χ2v) is 11.7. The van der Waals surface area contributed by atoms with Gasteiger partial charge >= 0.3 is 0 Å². The quantitative estimate of drug-likeness (QED) is 0.198. The lowest BCUT2D eigenvalue weighted by Gasteiger charge is -2.22. The Balaban J connectivity index is 1.74. The van der Waals surface area contributed by atoms with Crippen LogP contribution in [0.4, 0.5) is 5.69 Å². The van der Waals surface area contributed by atoms with Crippen molar-refractivity contribution >= 4 is 75.1 Å². The van der Waals surface area contributed by atoms with Crippen LogP contribution in [0.2, 0.25) is 10.0 Å². The van der Waals surface area contributed by atoms with Gasteiger partial charge < -0.3 is 15.2 Å². The van der Waals surface area contributed by atoms with Gasteiger partial charge in [0.1, 0.15) is 0 Å². The first-order valence-corrected chi connectivity index (χ1v) is 14.2. The smallest absolute Gasteiger partial charge is 0.251 e. The summed E-state index contributed by atoms with van der Waals surface area (Å²) >= 11 is 15.6. The van der Waals surface area contributed by atoms with Crippen LogP contribution in [0.15, 0.2) is 35.5 Å². The average molecular weight is 660 g/mol. The van der Waals surface area contributed by atoms with E-state index in [4.69, 9.17) is 23.2 Å². The normalized spacial score (nSPS) is 12.0. The van der Waals surface area contributed by atoms with E-state index in [0.29, 0.717) is 33.1 Å². The largest absolute Gasteiger partial charge is 0.342 e. The second-order valence-electron chi connectivity index (χ2n) is 8.66. The number of halogens is 3. The van der Waals surface area contributed by atoms with E-state index in [2.05, 4.69) is 43.4 Å². The highest BCUT2D eigenvalue weighted by molar-refractivity contribution is 14.1. The van der Waals surface area contributed by atoms with E-state index in [1.807, 2.05) is 51.3 Å². The highest BCUT2D eigenvalue weighted by Crippen LogP contribution is 2.28. The van der Waals surface area contributed by atoms with Crippen molar-refractivity contribution in [3.8, 4) is 0 Å². The summed E-state index contributed by atoms with van der Waals surface area (Å²) < 4.78 is 3.06. The number of carbonyl (C=O) groups excluding carboxylic acids is 2. The molecule has 0 aliphatic carbocycles. The Morgan fingerprint density at radius 3 is 2.33 bits per heavy atom. The molecule has 36 heavy (non-hydrogen) atoms. The standard InChI is InChI=1S/C25H28Cl2IN5O2S/c1-6-33-23(21(13(2)3)30-24(35)16-7-8-18(26)19(27)11-16)31-32-25(33)36-12-20(34)29-22-14(4)9-17(28)10-15(22)5/h7-11,13,21H,6,12H2,1-5H3,(H,29,34)(H,30,35)/t21-/m0/s1. The molecule has 2 N–H and O–H groups in total. The van der Waals surface area contributed by atoms with E-state index < -0.39 is 0 Å². The van der Waals surface area contributed by atoms with Gasteiger partial charge in [-0.25, -0.2) is 0 Å². The van der Waals surface area contributed by atoms with Crippen molar-refractivity contribution in [2.24, 2.45) is 5.92 Å². The third kappa shape index (κ3) is 6.93. The molecule has 0 fully saturated rings. The Hall–Kier alpha value is -1.82. The minimum Gasteiger partial charge on any atom is -0.342 e. The van der Waals surface area contributed by atoms with Crippen LogP contribution in [-0.2, 0) is 11.3 Å². The van der Waals surface area contributed by atoms with Crippen molar-refractivity contribution in [2.75, 3.05) is 11.1 Å². The van der Waals surface area contributed by atoms with E-state index in [9.17, 15) is 9.59 Å². The number of amides is 2. The molecule has 1 aromatic heterocycles. The van der Waals surface area contributed by atoms with Crippen LogP contribution in [0.3, 0.4) is 0 Å². The Bertz CT molecular complexity index is 1260. The van der Waals surface area contributed by atoms with Crippen molar-refractivity contribution in [1.29, 1.82) is 0 Å². The van der Waals surface area contributed by atoms with E-state index in [1.165, 1.54) is 17.8 Å².